The van der Waals surface area contributed by atoms with Crippen LogP contribution in [0.4, 0.5) is 5.82 Å². The molecule has 4 nitrogen and oxygen atoms in total. The molecule has 1 aromatic heterocycles. The molecule has 0 aliphatic heterocycles. The second-order valence-corrected chi connectivity index (χ2v) is 6.72. The number of hydrogen-bond acceptors (Lipinski definition) is 3. The van der Waals surface area contributed by atoms with E-state index >= 15 is 0 Å². The predicted molar refractivity (Wildman–Crippen MR) is 76.5 cm³/mol. The highest BCUT2D eigenvalue weighted by molar-refractivity contribution is 5.36. The van der Waals surface area contributed by atoms with Gasteiger partial charge in [0.05, 0.1) is 0 Å². The number of nitrogens with zero attached hydrogens (tertiary/aromatic N) is 1. The zero-order chi connectivity index (χ0) is 13.5. The Hall–Kier alpha value is -1.32. The lowest BCUT2D eigenvalue weighted by atomic mass is 9.73. The maximum absolute atomic E-state index is 11.7. The van der Waals surface area contributed by atoms with Crippen molar-refractivity contribution in [2.45, 2.75) is 64.3 Å². The third-order valence-electron chi connectivity index (χ3n) is 4.55. The summed E-state index contributed by atoms with van der Waals surface area (Å²) in [7, 11) is 0. The van der Waals surface area contributed by atoms with Crippen LogP contribution in [0.25, 0.3) is 0 Å². The van der Waals surface area contributed by atoms with E-state index in [0.29, 0.717) is 12.0 Å². The minimum Gasteiger partial charge on any atom is -0.367 e. The highest BCUT2D eigenvalue weighted by Gasteiger charge is 2.33. The van der Waals surface area contributed by atoms with Gasteiger partial charge in [-0.25, -0.2) is 4.98 Å². The van der Waals surface area contributed by atoms with Crippen LogP contribution >= 0.6 is 0 Å². The zero-order valence-electron chi connectivity index (χ0n) is 11.8. The lowest BCUT2D eigenvalue weighted by Crippen LogP contribution is -2.39. The van der Waals surface area contributed by atoms with Gasteiger partial charge in [-0.3, -0.25) is 4.79 Å². The first-order valence-corrected chi connectivity index (χ1v) is 7.42. The summed E-state index contributed by atoms with van der Waals surface area (Å²) in [6.45, 7) is 4.61. The second-order valence-electron chi connectivity index (χ2n) is 6.72. The van der Waals surface area contributed by atoms with Gasteiger partial charge in [0.15, 0.2) is 0 Å². The average Bonchev–Trinajstić information content (AvgIpc) is 3.15. The van der Waals surface area contributed by atoms with Gasteiger partial charge in [0, 0.05) is 18.0 Å². The van der Waals surface area contributed by atoms with Gasteiger partial charge in [0.25, 0.3) is 5.56 Å². The number of aromatic amines is 1. The Morgan fingerprint density at radius 1 is 1.32 bits per heavy atom. The van der Waals surface area contributed by atoms with E-state index in [1.165, 1.54) is 25.7 Å². The Bertz CT molecular complexity index is 516. The van der Waals surface area contributed by atoms with Crippen LogP contribution in [-0.4, -0.2) is 16.0 Å². The SMILES string of the molecule is CC1(C)CCCCC1Nc1cc(=O)[nH]c(C2CC2)n1. The van der Waals surface area contributed by atoms with E-state index in [0.717, 1.165) is 24.5 Å². The fraction of sp³-hybridized carbons (Fsp3) is 0.733. The van der Waals surface area contributed by atoms with Crippen LogP contribution in [0.3, 0.4) is 0 Å². The molecule has 2 saturated carbocycles. The topological polar surface area (TPSA) is 57.8 Å². The summed E-state index contributed by atoms with van der Waals surface area (Å²) in [5, 5.41) is 3.50. The van der Waals surface area contributed by atoms with Gasteiger partial charge in [-0.05, 0) is 31.1 Å². The van der Waals surface area contributed by atoms with Crippen LogP contribution < -0.4 is 10.9 Å². The molecule has 0 spiro atoms. The first-order valence-electron chi connectivity index (χ1n) is 7.42. The van der Waals surface area contributed by atoms with Gasteiger partial charge in [-0.2, -0.15) is 0 Å². The molecule has 1 aromatic rings. The number of nitrogens with one attached hydrogen (secondary N) is 2. The fourth-order valence-electron chi connectivity index (χ4n) is 3.04. The van der Waals surface area contributed by atoms with E-state index in [1.807, 2.05) is 0 Å². The quantitative estimate of drug-likeness (QED) is 0.879. The van der Waals surface area contributed by atoms with Crippen molar-refractivity contribution < 1.29 is 0 Å². The van der Waals surface area contributed by atoms with E-state index in [2.05, 4.69) is 29.1 Å². The van der Waals surface area contributed by atoms with Gasteiger partial charge in [0.2, 0.25) is 0 Å². The minimum absolute atomic E-state index is 0.0342. The third kappa shape index (κ3) is 2.82. The van der Waals surface area contributed by atoms with Crippen molar-refractivity contribution in [1.82, 2.24) is 9.97 Å². The van der Waals surface area contributed by atoms with Crippen LogP contribution in [0, 0.1) is 5.41 Å². The van der Waals surface area contributed by atoms with Crippen molar-refractivity contribution in [3.63, 3.8) is 0 Å². The van der Waals surface area contributed by atoms with Gasteiger partial charge >= 0.3 is 0 Å². The van der Waals surface area contributed by atoms with Crippen molar-refractivity contribution in [2.75, 3.05) is 5.32 Å². The van der Waals surface area contributed by atoms with E-state index in [1.54, 1.807) is 6.07 Å². The van der Waals surface area contributed by atoms with Crippen molar-refractivity contribution in [2.24, 2.45) is 5.41 Å². The zero-order valence-corrected chi connectivity index (χ0v) is 11.8. The molecule has 3 rings (SSSR count). The van der Waals surface area contributed by atoms with Crippen LogP contribution in [0.1, 0.15) is 64.1 Å². The molecule has 2 N–H and O–H groups in total. The normalized spacial score (nSPS) is 26.1. The Balaban J connectivity index is 1.80. The number of anilines is 1. The maximum Gasteiger partial charge on any atom is 0.252 e. The molecule has 1 atom stereocenters. The summed E-state index contributed by atoms with van der Waals surface area (Å²) in [6.07, 6.45) is 7.29. The molecule has 19 heavy (non-hydrogen) atoms. The van der Waals surface area contributed by atoms with Gasteiger partial charge in [-0.1, -0.05) is 26.7 Å². The molecule has 2 aliphatic carbocycles. The molecule has 1 unspecified atom stereocenters. The van der Waals surface area contributed by atoms with E-state index in [9.17, 15) is 4.79 Å². The number of aromatic nitrogens is 2. The first kappa shape index (κ1) is 12.7. The first-order chi connectivity index (χ1) is 9.04. The number of H-pyrrole nitrogens is 1. The standard InChI is InChI=1S/C15H23N3O/c1-15(2)8-4-3-5-11(15)16-12-9-13(19)18-14(17-12)10-6-7-10/h9-11H,3-8H2,1-2H3,(H2,16,17,18,19). The Morgan fingerprint density at radius 3 is 2.79 bits per heavy atom. The summed E-state index contributed by atoms with van der Waals surface area (Å²) in [5.74, 6) is 2.10. The molecule has 104 valence electrons. The molecule has 0 amide bonds. The summed E-state index contributed by atoms with van der Waals surface area (Å²) in [5.41, 5.74) is 0.246. The molecule has 2 fully saturated rings. The summed E-state index contributed by atoms with van der Waals surface area (Å²) in [6, 6.07) is 2.01. The van der Waals surface area contributed by atoms with Crippen LogP contribution in [-0.2, 0) is 0 Å². The smallest absolute Gasteiger partial charge is 0.252 e. The number of hydrogen-bond donors (Lipinski definition) is 2. The highest BCUT2D eigenvalue weighted by Crippen LogP contribution is 2.39. The van der Waals surface area contributed by atoms with Crippen molar-refractivity contribution in [3.05, 3.63) is 22.2 Å². The van der Waals surface area contributed by atoms with E-state index in [4.69, 9.17) is 0 Å². The Kier molecular flexibility index (Phi) is 3.11. The van der Waals surface area contributed by atoms with Gasteiger partial charge < -0.3 is 10.3 Å². The van der Waals surface area contributed by atoms with Crippen molar-refractivity contribution >= 4 is 5.82 Å². The number of rotatable bonds is 3. The monoisotopic (exact) mass is 261 g/mol. The summed E-state index contributed by atoms with van der Waals surface area (Å²) >= 11 is 0. The average molecular weight is 261 g/mol. The molecule has 0 bridgehead atoms. The lowest BCUT2D eigenvalue weighted by molar-refractivity contribution is 0.216. The Labute approximate surface area is 114 Å². The van der Waals surface area contributed by atoms with E-state index < -0.39 is 0 Å². The highest BCUT2D eigenvalue weighted by atomic mass is 16.1. The molecule has 1 heterocycles. The molecule has 0 saturated heterocycles. The third-order valence-corrected chi connectivity index (χ3v) is 4.55. The van der Waals surface area contributed by atoms with Crippen molar-refractivity contribution in [3.8, 4) is 0 Å². The summed E-state index contributed by atoms with van der Waals surface area (Å²) < 4.78 is 0. The lowest BCUT2D eigenvalue weighted by Gasteiger charge is -2.39. The van der Waals surface area contributed by atoms with Crippen LogP contribution in [0.2, 0.25) is 0 Å². The van der Waals surface area contributed by atoms with Crippen molar-refractivity contribution in [1.29, 1.82) is 0 Å². The van der Waals surface area contributed by atoms with Crippen LogP contribution in [0.5, 0.6) is 0 Å². The summed E-state index contributed by atoms with van der Waals surface area (Å²) in [4.78, 5) is 19.2. The molecular weight excluding hydrogens is 238 g/mol. The minimum atomic E-state index is -0.0342. The molecular formula is C15H23N3O. The van der Waals surface area contributed by atoms with Gasteiger partial charge in [-0.15, -0.1) is 0 Å². The molecule has 0 radical (unpaired) electrons. The van der Waals surface area contributed by atoms with Gasteiger partial charge in [0.1, 0.15) is 11.6 Å². The van der Waals surface area contributed by atoms with E-state index in [-0.39, 0.29) is 11.0 Å². The van der Waals surface area contributed by atoms with Crippen LogP contribution in [0.15, 0.2) is 10.9 Å². The fourth-order valence-corrected chi connectivity index (χ4v) is 3.04. The Morgan fingerprint density at radius 2 is 2.11 bits per heavy atom. The second kappa shape index (κ2) is 4.66. The molecule has 0 aromatic carbocycles. The molecule has 2 aliphatic rings. The predicted octanol–water partition coefficient (Wildman–Crippen LogP) is 3.03. The largest absolute Gasteiger partial charge is 0.367 e. The molecule has 4 heteroatoms. The maximum atomic E-state index is 11.7.